The van der Waals surface area contributed by atoms with Gasteiger partial charge < -0.3 is 30.1 Å². The first-order valence-corrected chi connectivity index (χ1v) is 5.87. The van der Waals surface area contributed by atoms with Crippen LogP contribution in [0.25, 0.3) is 0 Å². The Kier molecular flexibility index (Phi) is 5.83. The highest BCUT2D eigenvalue weighted by atomic mass is 16.7. The molecular formula is C11H19NO7. The van der Waals surface area contributed by atoms with Crippen molar-refractivity contribution in [3.63, 3.8) is 0 Å². The Morgan fingerprint density at radius 2 is 1.89 bits per heavy atom. The number of amides is 1. The molecule has 0 aliphatic carbocycles. The zero-order chi connectivity index (χ0) is 14.6. The fourth-order valence-corrected chi connectivity index (χ4v) is 1.81. The molecule has 5 unspecified atom stereocenters. The van der Waals surface area contributed by atoms with Crippen molar-refractivity contribution in [2.24, 2.45) is 0 Å². The Hall–Kier alpha value is -1.06. The molecule has 1 saturated heterocycles. The number of hydrogen-bond donors (Lipinski definition) is 4. The second kappa shape index (κ2) is 6.92. The van der Waals surface area contributed by atoms with Crippen LogP contribution in [0.5, 0.6) is 0 Å². The Labute approximate surface area is 110 Å². The van der Waals surface area contributed by atoms with E-state index in [9.17, 15) is 19.8 Å². The maximum atomic E-state index is 11.1. The maximum absolute atomic E-state index is 11.1. The van der Waals surface area contributed by atoms with Gasteiger partial charge in [0.1, 0.15) is 31.0 Å². The lowest BCUT2D eigenvalue weighted by Gasteiger charge is -2.42. The summed E-state index contributed by atoms with van der Waals surface area (Å²) in [6.07, 6.45) is -4.90. The van der Waals surface area contributed by atoms with Crippen LogP contribution < -0.4 is 5.32 Å². The van der Waals surface area contributed by atoms with Crippen LogP contribution in [0.3, 0.4) is 0 Å². The van der Waals surface area contributed by atoms with Gasteiger partial charge in [0.05, 0.1) is 6.61 Å². The largest absolute Gasteiger partial charge is 0.394 e. The van der Waals surface area contributed by atoms with E-state index in [-0.39, 0.29) is 12.4 Å². The average molecular weight is 277 g/mol. The summed E-state index contributed by atoms with van der Waals surface area (Å²) >= 11 is 0. The topological polar surface area (TPSA) is 125 Å². The van der Waals surface area contributed by atoms with Crippen LogP contribution in [0.2, 0.25) is 0 Å². The summed E-state index contributed by atoms with van der Waals surface area (Å²) in [7, 11) is 0. The lowest BCUT2D eigenvalue weighted by Crippen LogP contribution is -2.64. The van der Waals surface area contributed by atoms with Gasteiger partial charge in [0.2, 0.25) is 5.91 Å². The van der Waals surface area contributed by atoms with Crippen molar-refractivity contribution in [2.75, 3.05) is 13.2 Å². The van der Waals surface area contributed by atoms with E-state index in [0.717, 1.165) is 0 Å². The molecule has 0 saturated carbocycles. The third-order valence-electron chi connectivity index (χ3n) is 2.70. The fourth-order valence-electron chi connectivity index (χ4n) is 1.81. The molecule has 0 bridgehead atoms. The molecule has 19 heavy (non-hydrogen) atoms. The van der Waals surface area contributed by atoms with Crippen molar-refractivity contribution in [3.8, 4) is 0 Å². The summed E-state index contributed by atoms with van der Waals surface area (Å²) in [5.74, 6) is -0.704. The molecule has 5 atom stereocenters. The molecule has 0 spiro atoms. The number of Topliss-reactive ketones (excluding diaryl/α,β-unsaturated/α-hetero) is 1. The smallest absolute Gasteiger partial charge is 0.217 e. The molecule has 0 radical (unpaired) electrons. The van der Waals surface area contributed by atoms with Crippen molar-refractivity contribution < 1.29 is 34.4 Å². The predicted molar refractivity (Wildman–Crippen MR) is 62.0 cm³/mol. The van der Waals surface area contributed by atoms with Crippen molar-refractivity contribution in [2.45, 2.75) is 44.5 Å². The van der Waals surface area contributed by atoms with Gasteiger partial charge in [-0.2, -0.15) is 0 Å². The third kappa shape index (κ3) is 4.22. The molecule has 1 aliphatic heterocycles. The zero-order valence-electron chi connectivity index (χ0n) is 10.8. The Morgan fingerprint density at radius 3 is 2.37 bits per heavy atom. The molecule has 0 aromatic rings. The monoisotopic (exact) mass is 277 g/mol. The molecule has 1 aliphatic rings. The zero-order valence-corrected chi connectivity index (χ0v) is 10.8. The Morgan fingerprint density at radius 1 is 1.26 bits per heavy atom. The summed E-state index contributed by atoms with van der Waals surface area (Å²) < 4.78 is 10.4. The van der Waals surface area contributed by atoms with Gasteiger partial charge in [-0.3, -0.25) is 9.59 Å². The highest BCUT2D eigenvalue weighted by Gasteiger charge is 2.45. The van der Waals surface area contributed by atoms with E-state index < -0.39 is 43.2 Å². The van der Waals surface area contributed by atoms with Crippen LogP contribution in [0.4, 0.5) is 0 Å². The van der Waals surface area contributed by atoms with Crippen LogP contribution in [0.15, 0.2) is 0 Å². The van der Waals surface area contributed by atoms with Crippen LogP contribution >= 0.6 is 0 Å². The van der Waals surface area contributed by atoms with Gasteiger partial charge in [0.25, 0.3) is 0 Å². The first-order chi connectivity index (χ1) is 8.86. The molecule has 110 valence electrons. The highest BCUT2D eigenvalue weighted by molar-refractivity contribution is 5.76. The first kappa shape index (κ1) is 16.0. The van der Waals surface area contributed by atoms with Gasteiger partial charge in [-0.05, 0) is 6.92 Å². The van der Waals surface area contributed by atoms with E-state index in [2.05, 4.69) is 5.32 Å². The molecule has 8 heteroatoms. The number of aliphatic hydroxyl groups excluding tert-OH is 3. The predicted octanol–water partition coefficient (Wildman–Crippen LogP) is -2.46. The van der Waals surface area contributed by atoms with E-state index in [0.29, 0.717) is 0 Å². The SMILES string of the molecule is CC(=O)COC1OC(CO)C(O)C(O)C1NC(C)=O. The number of aliphatic hydroxyl groups is 3. The number of carbonyl (C=O) groups excluding carboxylic acids is 2. The maximum Gasteiger partial charge on any atom is 0.217 e. The van der Waals surface area contributed by atoms with Crippen molar-refractivity contribution in [1.82, 2.24) is 5.32 Å². The highest BCUT2D eigenvalue weighted by Crippen LogP contribution is 2.22. The van der Waals surface area contributed by atoms with Crippen molar-refractivity contribution >= 4 is 11.7 Å². The quantitative estimate of drug-likeness (QED) is 0.439. The minimum atomic E-state index is -1.37. The number of ether oxygens (including phenoxy) is 2. The number of carbonyl (C=O) groups is 2. The summed E-state index contributed by atoms with van der Waals surface area (Å²) in [6, 6.07) is -1.02. The van der Waals surface area contributed by atoms with Crippen LogP contribution in [0.1, 0.15) is 13.8 Å². The first-order valence-electron chi connectivity index (χ1n) is 5.87. The van der Waals surface area contributed by atoms with Gasteiger partial charge in [0.15, 0.2) is 12.1 Å². The summed E-state index contributed by atoms with van der Waals surface area (Å²) in [5, 5.41) is 31.0. The normalized spacial score (nSPS) is 34.9. The van der Waals surface area contributed by atoms with Crippen molar-refractivity contribution in [1.29, 1.82) is 0 Å². The van der Waals surface area contributed by atoms with Gasteiger partial charge in [-0.1, -0.05) is 0 Å². The van der Waals surface area contributed by atoms with Crippen LogP contribution in [0, 0.1) is 0 Å². The molecule has 0 aromatic heterocycles. The van der Waals surface area contributed by atoms with E-state index >= 15 is 0 Å². The Bertz CT molecular complexity index is 335. The van der Waals surface area contributed by atoms with E-state index in [4.69, 9.17) is 14.6 Å². The van der Waals surface area contributed by atoms with Gasteiger partial charge in [-0.25, -0.2) is 0 Å². The second-order valence-electron chi connectivity index (χ2n) is 4.45. The van der Waals surface area contributed by atoms with Gasteiger partial charge in [-0.15, -0.1) is 0 Å². The van der Waals surface area contributed by atoms with E-state index in [1.54, 1.807) is 0 Å². The van der Waals surface area contributed by atoms with Crippen LogP contribution in [-0.2, 0) is 19.1 Å². The molecule has 8 nitrogen and oxygen atoms in total. The number of rotatable bonds is 5. The van der Waals surface area contributed by atoms with Crippen molar-refractivity contribution in [3.05, 3.63) is 0 Å². The third-order valence-corrected chi connectivity index (χ3v) is 2.70. The molecule has 1 heterocycles. The minimum absolute atomic E-state index is 0.258. The molecule has 0 aromatic carbocycles. The molecule has 1 amide bonds. The summed E-state index contributed by atoms with van der Waals surface area (Å²) in [5.41, 5.74) is 0. The van der Waals surface area contributed by atoms with E-state index in [1.165, 1.54) is 13.8 Å². The molecule has 1 rings (SSSR count). The fraction of sp³-hybridized carbons (Fsp3) is 0.818. The summed E-state index contributed by atoms with van der Waals surface area (Å²) in [4.78, 5) is 22.0. The number of ketones is 1. The Balaban J connectivity index is 2.79. The lowest BCUT2D eigenvalue weighted by molar-refractivity contribution is -0.268. The number of hydrogen-bond acceptors (Lipinski definition) is 7. The average Bonchev–Trinajstić information content (AvgIpc) is 2.33. The molecule has 1 fully saturated rings. The van der Waals surface area contributed by atoms with E-state index in [1.807, 2.05) is 0 Å². The standard InChI is InChI=1S/C11H19NO7/c1-5(14)4-18-11-8(12-6(2)15)10(17)9(16)7(3-13)19-11/h7-11,13,16-17H,3-4H2,1-2H3,(H,12,15). The molecule has 4 N–H and O–H groups in total. The van der Waals surface area contributed by atoms with Gasteiger partial charge in [0, 0.05) is 6.92 Å². The second-order valence-corrected chi connectivity index (χ2v) is 4.45. The minimum Gasteiger partial charge on any atom is -0.394 e. The number of nitrogens with one attached hydrogen (secondary N) is 1. The summed E-state index contributed by atoms with van der Waals surface area (Å²) in [6.45, 7) is 1.76. The lowest BCUT2D eigenvalue weighted by atomic mass is 9.97. The van der Waals surface area contributed by atoms with Gasteiger partial charge >= 0.3 is 0 Å². The van der Waals surface area contributed by atoms with Crippen LogP contribution in [-0.4, -0.2) is 70.9 Å². The molecular weight excluding hydrogens is 258 g/mol.